The number of hydrogen-bond acceptors (Lipinski definition) is 3. The summed E-state index contributed by atoms with van der Waals surface area (Å²) in [5.74, 6) is 0. The fraction of sp³-hybridized carbons (Fsp3) is 0.600. The van der Waals surface area contributed by atoms with Gasteiger partial charge in [0.15, 0.2) is 0 Å². The zero-order chi connectivity index (χ0) is 12.3. The number of nitrogens with zero attached hydrogens (tertiary/aromatic N) is 4. The molecule has 1 amide bonds. The molecule has 1 aromatic rings. The van der Waals surface area contributed by atoms with Gasteiger partial charge in [-0.15, -0.1) is 0 Å². The summed E-state index contributed by atoms with van der Waals surface area (Å²) in [7, 11) is 0. The van der Waals surface area contributed by atoms with Crippen molar-refractivity contribution in [2.24, 2.45) is 0 Å². The minimum Gasteiger partial charge on any atom is -0.465 e. The first-order valence-corrected chi connectivity index (χ1v) is 6.32. The zero-order valence-corrected chi connectivity index (χ0v) is 11.0. The van der Waals surface area contributed by atoms with E-state index in [1.54, 1.807) is 6.20 Å². The van der Waals surface area contributed by atoms with Gasteiger partial charge >= 0.3 is 6.09 Å². The lowest BCUT2D eigenvalue weighted by Crippen LogP contribution is -2.48. The highest BCUT2D eigenvalue weighted by Gasteiger charge is 2.19. The van der Waals surface area contributed by atoms with Crippen molar-refractivity contribution in [2.75, 3.05) is 32.7 Å². The van der Waals surface area contributed by atoms with Crippen LogP contribution >= 0.6 is 15.9 Å². The Labute approximate surface area is 108 Å². The van der Waals surface area contributed by atoms with Gasteiger partial charge in [-0.1, -0.05) is 0 Å². The van der Waals surface area contributed by atoms with E-state index in [9.17, 15) is 4.79 Å². The number of amides is 1. The SMILES string of the molecule is O=C(O)N1CCN(CCn2cc(Br)cn2)CC1. The maximum Gasteiger partial charge on any atom is 0.407 e. The van der Waals surface area contributed by atoms with Gasteiger partial charge in [0.1, 0.15) is 0 Å². The lowest BCUT2D eigenvalue weighted by Gasteiger charge is -2.32. The van der Waals surface area contributed by atoms with Crippen molar-refractivity contribution in [3.63, 3.8) is 0 Å². The van der Waals surface area contributed by atoms with Gasteiger partial charge in [-0.25, -0.2) is 4.79 Å². The van der Waals surface area contributed by atoms with Crippen LogP contribution in [0.1, 0.15) is 0 Å². The van der Waals surface area contributed by atoms with E-state index in [2.05, 4.69) is 25.9 Å². The molecule has 0 bridgehead atoms. The normalized spacial score (nSPS) is 17.4. The van der Waals surface area contributed by atoms with Gasteiger partial charge in [-0.05, 0) is 15.9 Å². The van der Waals surface area contributed by atoms with Crippen LogP contribution in [0.5, 0.6) is 0 Å². The lowest BCUT2D eigenvalue weighted by molar-refractivity contribution is 0.103. The van der Waals surface area contributed by atoms with Crippen molar-refractivity contribution in [2.45, 2.75) is 6.54 Å². The number of hydrogen-bond donors (Lipinski definition) is 1. The average Bonchev–Trinajstić information content (AvgIpc) is 2.73. The maximum absolute atomic E-state index is 10.7. The molecule has 1 saturated heterocycles. The second kappa shape index (κ2) is 5.50. The van der Waals surface area contributed by atoms with Gasteiger partial charge in [0, 0.05) is 38.9 Å². The van der Waals surface area contributed by atoms with Crippen LogP contribution in [0.3, 0.4) is 0 Å². The third kappa shape index (κ3) is 3.44. The molecule has 0 aromatic carbocycles. The molecule has 2 rings (SSSR count). The van der Waals surface area contributed by atoms with Gasteiger partial charge in [0.2, 0.25) is 0 Å². The van der Waals surface area contributed by atoms with Crippen LogP contribution in [0.15, 0.2) is 16.9 Å². The highest BCUT2D eigenvalue weighted by Crippen LogP contribution is 2.07. The smallest absolute Gasteiger partial charge is 0.407 e. The number of carboxylic acid groups (broad SMARTS) is 1. The summed E-state index contributed by atoms with van der Waals surface area (Å²) in [6.07, 6.45) is 2.89. The first-order valence-electron chi connectivity index (χ1n) is 5.53. The molecule has 2 heterocycles. The Bertz CT molecular complexity index is 387. The van der Waals surface area contributed by atoms with Gasteiger partial charge in [0.05, 0.1) is 17.2 Å². The minimum absolute atomic E-state index is 0.595. The van der Waals surface area contributed by atoms with E-state index in [1.807, 2.05) is 10.9 Å². The largest absolute Gasteiger partial charge is 0.465 e. The Hall–Kier alpha value is -1.08. The number of halogens is 1. The second-order valence-electron chi connectivity index (χ2n) is 4.03. The minimum atomic E-state index is -0.819. The standard InChI is InChI=1S/C10H15BrN4O2/c11-9-7-12-15(8-9)6-3-13-1-4-14(5-2-13)10(16)17/h7-8H,1-6H2,(H,16,17). The van der Waals surface area contributed by atoms with Crippen LogP contribution in [0.25, 0.3) is 0 Å². The molecular formula is C10H15BrN4O2. The van der Waals surface area contributed by atoms with Crippen LogP contribution in [-0.4, -0.2) is 63.5 Å². The summed E-state index contributed by atoms with van der Waals surface area (Å²) >= 11 is 3.35. The van der Waals surface area contributed by atoms with E-state index >= 15 is 0 Å². The Morgan fingerprint density at radius 2 is 2.06 bits per heavy atom. The first kappa shape index (κ1) is 12.4. The summed E-state index contributed by atoms with van der Waals surface area (Å²) in [5, 5.41) is 13.0. The van der Waals surface area contributed by atoms with E-state index < -0.39 is 6.09 Å². The molecule has 1 aliphatic heterocycles. The van der Waals surface area contributed by atoms with Gasteiger partial charge in [-0.2, -0.15) is 5.10 Å². The summed E-state index contributed by atoms with van der Waals surface area (Å²) in [6.45, 7) is 4.53. The molecule has 1 aromatic heterocycles. The topological polar surface area (TPSA) is 61.6 Å². The molecular weight excluding hydrogens is 288 g/mol. The summed E-state index contributed by atoms with van der Waals surface area (Å²) in [6, 6.07) is 0. The average molecular weight is 303 g/mol. The van der Waals surface area contributed by atoms with Crippen LogP contribution < -0.4 is 0 Å². The third-order valence-electron chi connectivity index (χ3n) is 2.89. The van der Waals surface area contributed by atoms with Crippen LogP contribution in [0.4, 0.5) is 4.79 Å². The fourth-order valence-corrected chi connectivity index (χ4v) is 2.20. The van der Waals surface area contributed by atoms with Crippen molar-refractivity contribution in [3.8, 4) is 0 Å². The van der Waals surface area contributed by atoms with Gasteiger partial charge < -0.3 is 10.0 Å². The second-order valence-corrected chi connectivity index (χ2v) is 4.95. The Morgan fingerprint density at radius 3 is 2.59 bits per heavy atom. The molecule has 7 heteroatoms. The van der Waals surface area contributed by atoms with E-state index in [-0.39, 0.29) is 0 Å². The van der Waals surface area contributed by atoms with E-state index in [0.29, 0.717) is 13.1 Å². The van der Waals surface area contributed by atoms with Crippen molar-refractivity contribution >= 4 is 22.0 Å². The highest BCUT2D eigenvalue weighted by molar-refractivity contribution is 9.10. The predicted octanol–water partition coefficient (Wildman–Crippen LogP) is 0.941. The Morgan fingerprint density at radius 1 is 1.35 bits per heavy atom. The van der Waals surface area contributed by atoms with E-state index in [0.717, 1.165) is 30.7 Å². The molecule has 0 aliphatic carbocycles. The maximum atomic E-state index is 10.7. The summed E-state index contributed by atoms with van der Waals surface area (Å²) in [5.41, 5.74) is 0. The highest BCUT2D eigenvalue weighted by atomic mass is 79.9. The molecule has 1 aliphatic rings. The fourth-order valence-electron chi connectivity index (χ4n) is 1.87. The van der Waals surface area contributed by atoms with E-state index in [4.69, 9.17) is 5.11 Å². The van der Waals surface area contributed by atoms with Crippen LogP contribution in [0, 0.1) is 0 Å². The zero-order valence-electron chi connectivity index (χ0n) is 9.42. The van der Waals surface area contributed by atoms with Gasteiger partial charge in [-0.3, -0.25) is 9.58 Å². The monoisotopic (exact) mass is 302 g/mol. The van der Waals surface area contributed by atoms with Crippen LogP contribution in [0.2, 0.25) is 0 Å². The van der Waals surface area contributed by atoms with Gasteiger partial charge in [0.25, 0.3) is 0 Å². The van der Waals surface area contributed by atoms with Crippen molar-refractivity contribution in [1.82, 2.24) is 19.6 Å². The molecule has 0 unspecified atom stereocenters. The molecule has 1 fully saturated rings. The molecule has 0 atom stereocenters. The predicted molar refractivity (Wildman–Crippen MR) is 66.0 cm³/mol. The van der Waals surface area contributed by atoms with Crippen molar-refractivity contribution in [1.29, 1.82) is 0 Å². The summed E-state index contributed by atoms with van der Waals surface area (Å²) in [4.78, 5) is 14.4. The molecule has 17 heavy (non-hydrogen) atoms. The quantitative estimate of drug-likeness (QED) is 0.903. The Kier molecular flexibility index (Phi) is 4.01. The number of piperazine rings is 1. The molecule has 6 nitrogen and oxygen atoms in total. The molecule has 0 spiro atoms. The molecule has 94 valence electrons. The number of aromatic nitrogens is 2. The number of rotatable bonds is 3. The van der Waals surface area contributed by atoms with Crippen molar-refractivity contribution in [3.05, 3.63) is 16.9 Å². The summed E-state index contributed by atoms with van der Waals surface area (Å²) < 4.78 is 2.86. The molecule has 1 N–H and O–H groups in total. The first-order chi connectivity index (χ1) is 8.15. The lowest BCUT2D eigenvalue weighted by atomic mass is 10.3. The Balaban J connectivity index is 1.73. The number of carbonyl (C=O) groups is 1. The molecule has 0 saturated carbocycles. The van der Waals surface area contributed by atoms with Crippen molar-refractivity contribution < 1.29 is 9.90 Å². The van der Waals surface area contributed by atoms with Crippen LogP contribution in [-0.2, 0) is 6.54 Å². The van der Waals surface area contributed by atoms with E-state index in [1.165, 1.54) is 4.90 Å². The third-order valence-corrected chi connectivity index (χ3v) is 3.30. The molecule has 0 radical (unpaired) electrons.